The van der Waals surface area contributed by atoms with Crippen molar-refractivity contribution in [2.75, 3.05) is 7.05 Å². The molecule has 0 bridgehead atoms. The molecule has 132 valence electrons. The molecule has 2 heterocycles. The van der Waals surface area contributed by atoms with Crippen LogP contribution in [0.3, 0.4) is 0 Å². The molecule has 1 unspecified atom stereocenters. The lowest BCUT2D eigenvalue weighted by Crippen LogP contribution is -3.07. The molecule has 0 saturated carbocycles. The number of hydrogen-bond acceptors (Lipinski definition) is 5. The molecule has 0 saturated heterocycles. The molecule has 26 heavy (non-hydrogen) atoms. The molecule has 0 aliphatic rings. The second-order valence-electron chi connectivity index (χ2n) is 6.28. The van der Waals surface area contributed by atoms with E-state index >= 15 is 0 Å². The normalized spacial score (nSPS) is 13.8. The zero-order valence-electron chi connectivity index (χ0n) is 14.4. The first-order valence-electron chi connectivity index (χ1n) is 8.36. The largest absolute Gasteiger partial charge is 0.415 e. The van der Waals surface area contributed by atoms with Crippen LogP contribution in [0.4, 0.5) is 0 Å². The maximum atomic E-state index is 6.04. The molecule has 0 radical (unpaired) electrons. The van der Waals surface area contributed by atoms with Crippen molar-refractivity contribution in [1.29, 1.82) is 0 Å². The van der Waals surface area contributed by atoms with Gasteiger partial charge < -0.3 is 9.32 Å². The van der Waals surface area contributed by atoms with Gasteiger partial charge in [-0.3, -0.25) is 0 Å². The Morgan fingerprint density at radius 3 is 2.81 bits per heavy atom. The van der Waals surface area contributed by atoms with Gasteiger partial charge in [0.2, 0.25) is 5.89 Å². The number of halogens is 1. The predicted molar refractivity (Wildman–Crippen MR) is 103 cm³/mol. The summed E-state index contributed by atoms with van der Waals surface area (Å²) in [6.45, 7) is 2.88. The third kappa shape index (κ3) is 3.49. The van der Waals surface area contributed by atoms with Crippen LogP contribution in [0.2, 0.25) is 5.02 Å². The fraction of sp³-hybridized carbons (Fsp3) is 0.211. The van der Waals surface area contributed by atoms with Gasteiger partial charge in [0.15, 0.2) is 6.04 Å². The Hall–Kier alpha value is -2.28. The summed E-state index contributed by atoms with van der Waals surface area (Å²) in [6.07, 6.45) is 0. The van der Waals surface area contributed by atoms with E-state index in [1.807, 2.05) is 42.5 Å². The summed E-state index contributed by atoms with van der Waals surface area (Å²) in [5.41, 5.74) is 1.88. The number of benzene rings is 2. The molecular weight excluding hydrogens is 368 g/mol. The minimum atomic E-state index is 0.0578. The van der Waals surface area contributed by atoms with E-state index in [1.165, 1.54) is 9.60 Å². The van der Waals surface area contributed by atoms with Crippen molar-refractivity contribution in [3.63, 3.8) is 0 Å². The van der Waals surface area contributed by atoms with Gasteiger partial charge in [0, 0.05) is 10.6 Å². The average Bonchev–Trinajstić information content (AvgIpc) is 3.27. The van der Waals surface area contributed by atoms with E-state index in [1.54, 1.807) is 11.3 Å². The Morgan fingerprint density at radius 2 is 2.00 bits per heavy atom. The summed E-state index contributed by atoms with van der Waals surface area (Å²) in [5.74, 6) is 1.10. The summed E-state index contributed by atoms with van der Waals surface area (Å²) < 4.78 is 7.10. The first kappa shape index (κ1) is 17.1. The monoisotopic (exact) mass is 385 g/mol. The summed E-state index contributed by atoms with van der Waals surface area (Å²) in [5, 5.41) is 10.2. The molecule has 1 N–H and O–H groups in total. The van der Waals surface area contributed by atoms with Crippen LogP contribution in [0.1, 0.15) is 23.9 Å². The lowest BCUT2D eigenvalue weighted by molar-refractivity contribution is -0.925. The van der Waals surface area contributed by atoms with Crippen LogP contribution in [-0.2, 0) is 6.54 Å². The van der Waals surface area contributed by atoms with E-state index < -0.39 is 0 Å². The Labute approximate surface area is 160 Å². The quantitative estimate of drug-likeness (QED) is 0.568. The summed E-state index contributed by atoms with van der Waals surface area (Å²) in [6, 6.07) is 15.7. The van der Waals surface area contributed by atoms with Gasteiger partial charge in [-0.15, -0.1) is 21.5 Å². The number of aromatic nitrogens is 3. The second-order valence-corrected chi connectivity index (χ2v) is 7.83. The van der Waals surface area contributed by atoms with E-state index in [0.717, 1.165) is 22.6 Å². The Bertz CT molecular complexity index is 1010. The van der Waals surface area contributed by atoms with Crippen LogP contribution in [0.5, 0.6) is 0 Å². The van der Waals surface area contributed by atoms with Crippen LogP contribution in [0.15, 0.2) is 52.9 Å². The maximum absolute atomic E-state index is 6.04. The Morgan fingerprint density at radius 1 is 1.15 bits per heavy atom. The number of rotatable bonds is 5. The molecule has 0 spiro atoms. The highest BCUT2D eigenvalue weighted by molar-refractivity contribution is 7.18. The summed E-state index contributed by atoms with van der Waals surface area (Å²) in [4.78, 5) is 5.95. The number of fused-ring (bicyclic) bond motifs is 1. The van der Waals surface area contributed by atoms with Gasteiger partial charge in [-0.05, 0) is 37.3 Å². The molecule has 2 atom stereocenters. The molecule has 0 fully saturated rings. The van der Waals surface area contributed by atoms with Crippen LogP contribution < -0.4 is 4.90 Å². The molecule has 0 amide bonds. The zero-order valence-corrected chi connectivity index (χ0v) is 16.0. The predicted octanol–water partition coefficient (Wildman–Crippen LogP) is 3.78. The van der Waals surface area contributed by atoms with E-state index in [9.17, 15) is 0 Å². The SMILES string of the molecule is C[C@@H](c1nnc(-c2cccc(Cl)c2)o1)[NH+](C)Cc1nc2ccccc2s1. The number of nitrogens with one attached hydrogen (secondary N) is 1. The first-order valence-corrected chi connectivity index (χ1v) is 9.55. The van der Waals surface area contributed by atoms with Gasteiger partial charge in [0.05, 0.1) is 17.3 Å². The van der Waals surface area contributed by atoms with Gasteiger partial charge in [0.25, 0.3) is 5.89 Å². The first-order chi connectivity index (χ1) is 12.6. The third-order valence-electron chi connectivity index (χ3n) is 4.39. The molecule has 0 aliphatic heterocycles. The highest BCUT2D eigenvalue weighted by atomic mass is 35.5. The summed E-state index contributed by atoms with van der Waals surface area (Å²) >= 11 is 7.77. The lowest BCUT2D eigenvalue weighted by Gasteiger charge is -2.17. The summed E-state index contributed by atoms with van der Waals surface area (Å²) in [7, 11) is 2.11. The molecule has 2 aromatic heterocycles. The molecule has 0 aliphatic carbocycles. The second kappa shape index (κ2) is 7.15. The van der Waals surface area contributed by atoms with Crippen molar-refractivity contribution in [2.24, 2.45) is 0 Å². The van der Waals surface area contributed by atoms with Crippen molar-refractivity contribution >= 4 is 33.2 Å². The van der Waals surface area contributed by atoms with Gasteiger partial charge in [-0.2, -0.15) is 0 Å². The number of quaternary nitrogens is 1. The third-order valence-corrected chi connectivity index (χ3v) is 5.66. The van der Waals surface area contributed by atoms with E-state index in [2.05, 4.69) is 30.2 Å². The fourth-order valence-electron chi connectivity index (χ4n) is 2.75. The van der Waals surface area contributed by atoms with Crippen molar-refractivity contribution < 1.29 is 9.32 Å². The van der Waals surface area contributed by atoms with E-state index in [0.29, 0.717) is 16.8 Å². The number of para-hydroxylation sites is 1. The number of nitrogens with zero attached hydrogens (tertiary/aromatic N) is 3. The van der Waals surface area contributed by atoms with Crippen molar-refractivity contribution in [3.8, 4) is 11.5 Å². The van der Waals surface area contributed by atoms with E-state index in [-0.39, 0.29) is 6.04 Å². The Balaban J connectivity index is 1.50. The molecular formula is C19H18ClN4OS+. The zero-order chi connectivity index (χ0) is 18.1. The highest BCUT2D eigenvalue weighted by Crippen LogP contribution is 2.23. The van der Waals surface area contributed by atoms with Crippen molar-refractivity contribution in [1.82, 2.24) is 15.2 Å². The van der Waals surface area contributed by atoms with Crippen LogP contribution >= 0.6 is 22.9 Å². The molecule has 4 aromatic rings. The average molecular weight is 386 g/mol. The van der Waals surface area contributed by atoms with Gasteiger partial charge in [0.1, 0.15) is 11.6 Å². The van der Waals surface area contributed by atoms with Crippen LogP contribution in [0, 0.1) is 0 Å². The maximum Gasteiger partial charge on any atom is 0.274 e. The van der Waals surface area contributed by atoms with Crippen molar-refractivity contribution in [2.45, 2.75) is 19.5 Å². The minimum absolute atomic E-state index is 0.0578. The van der Waals surface area contributed by atoms with Crippen LogP contribution in [-0.4, -0.2) is 22.2 Å². The molecule has 4 rings (SSSR count). The number of hydrogen-bond donors (Lipinski definition) is 1. The topological polar surface area (TPSA) is 56.2 Å². The van der Waals surface area contributed by atoms with Crippen LogP contribution in [0.25, 0.3) is 21.7 Å². The van der Waals surface area contributed by atoms with E-state index in [4.69, 9.17) is 21.0 Å². The molecule has 5 nitrogen and oxygen atoms in total. The standard InChI is InChI=1S/C19H17ClN4OS/c1-12(18-22-23-19(25-18)13-6-5-7-14(20)10-13)24(2)11-17-21-15-8-3-4-9-16(15)26-17/h3-10,12H,11H2,1-2H3/p+1/t12-/m0/s1. The number of thiazole rings is 1. The van der Waals surface area contributed by atoms with Crippen molar-refractivity contribution in [3.05, 3.63) is 64.5 Å². The molecule has 7 heteroatoms. The Kier molecular flexibility index (Phi) is 4.72. The van der Waals surface area contributed by atoms with Gasteiger partial charge >= 0.3 is 0 Å². The fourth-order valence-corrected chi connectivity index (χ4v) is 4.00. The lowest BCUT2D eigenvalue weighted by atomic mass is 10.2. The van der Waals surface area contributed by atoms with Gasteiger partial charge in [-0.1, -0.05) is 29.8 Å². The minimum Gasteiger partial charge on any atom is -0.415 e. The molecule has 2 aromatic carbocycles. The highest BCUT2D eigenvalue weighted by Gasteiger charge is 2.23. The smallest absolute Gasteiger partial charge is 0.274 e. The van der Waals surface area contributed by atoms with Gasteiger partial charge in [-0.25, -0.2) is 4.98 Å².